The Morgan fingerprint density at radius 3 is 2.56 bits per heavy atom. The molecule has 0 fully saturated rings. The Morgan fingerprint density at radius 1 is 1.17 bits per heavy atom. The van der Waals surface area contributed by atoms with Crippen molar-refractivity contribution in [3.63, 3.8) is 0 Å². The zero-order valence-corrected chi connectivity index (χ0v) is 10.5. The van der Waals surface area contributed by atoms with E-state index in [2.05, 4.69) is 0 Å². The fourth-order valence-electron chi connectivity index (χ4n) is 1.37. The Kier molecular flexibility index (Phi) is 3.84. The lowest BCUT2D eigenvalue weighted by Gasteiger charge is -2.04. The lowest BCUT2D eigenvalue weighted by atomic mass is 10.3. The average Bonchev–Trinajstić information content (AvgIpc) is 2.33. The van der Waals surface area contributed by atoms with Crippen LogP contribution in [0.4, 0.5) is 10.1 Å². The van der Waals surface area contributed by atoms with Gasteiger partial charge in [0, 0.05) is 16.0 Å². The number of halogens is 2. The minimum absolute atomic E-state index is 0.0446. The summed E-state index contributed by atoms with van der Waals surface area (Å²) in [5, 5.41) is 11.1. The van der Waals surface area contributed by atoms with E-state index in [0.717, 1.165) is 11.8 Å². The predicted molar refractivity (Wildman–Crippen MR) is 68.6 cm³/mol. The second-order valence-corrected chi connectivity index (χ2v) is 4.92. The van der Waals surface area contributed by atoms with Crippen LogP contribution in [0.5, 0.6) is 0 Å². The van der Waals surface area contributed by atoms with Crippen LogP contribution in [0.2, 0.25) is 5.02 Å². The van der Waals surface area contributed by atoms with E-state index in [0.29, 0.717) is 14.8 Å². The zero-order valence-electron chi connectivity index (χ0n) is 8.97. The minimum atomic E-state index is -0.495. The van der Waals surface area contributed by atoms with Crippen LogP contribution in [0.25, 0.3) is 0 Å². The van der Waals surface area contributed by atoms with Crippen molar-refractivity contribution in [1.82, 2.24) is 0 Å². The molecule has 3 nitrogen and oxygen atoms in total. The molecule has 0 bridgehead atoms. The van der Waals surface area contributed by atoms with Gasteiger partial charge in [0.2, 0.25) is 0 Å². The number of nitro groups is 1. The van der Waals surface area contributed by atoms with Gasteiger partial charge in [-0.15, -0.1) is 0 Å². The highest BCUT2D eigenvalue weighted by atomic mass is 35.5. The number of nitrogens with zero attached hydrogens (tertiary/aromatic N) is 1. The molecule has 0 N–H and O–H groups in total. The van der Waals surface area contributed by atoms with Crippen LogP contribution in [0.15, 0.2) is 52.3 Å². The number of hydrogen-bond acceptors (Lipinski definition) is 3. The van der Waals surface area contributed by atoms with Gasteiger partial charge in [0.25, 0.3) is 5.69 Å². The van der Waals surface area contributed by atoms with Crippen LogP contribution in [0.1, 0.15) is 0 Å². The van der Waals surface area contributed by atoms with Crippen molar-refractivity contribution < 1.29 is 9.31 Å². The molecule has 18 heavy (non-hydrogen) atoms. The first kappa shape index (κ1) is 12.9. The van der Waals surface area contributed by atoms with Crippen molar-refractivity contribution in [2.75, 3.05) is 0 Å². The molecule has 0 aromatic heterocycles. The smallest absolute Gasteiger partial charge is 0.258 e. The normalized spacial score (nSPS) is 10.3. The molecular weight excluding hydrogens is 277 g/mol. The largest absolute Gasteiger partial charge is 0.283 e. The molecular formula is C12H7ClFNO2S. The molecule has 0 radical (unpaired) electrons. The van der Waals surface area contributed by atoms with Crippen LogP contribution >= 0.6 is 23.4 Å². The first-order valence-electron chi connectivity index (χ1n) is 4.94. The minimum Gasteiger partial charge on any atom is -0.258 e. The van der Waals surface area contributed by atoms with Crippen LogP contribution < -0.4 is 0 Å². The summed E-state index contributed by atoms with van der Waals surface area (Å²) in [5.74, 6) is -0.495. The maximum atomic E-state index is 13.6. The second kappa shape index (κ2) is 5.37. The fraction of sp³-hybridized carbons (Fsp3) is 0. The van der Waals surface area contributed by atoms with Gasteiger partial charge < -0.3 is 0 Å². The highest BCUT2D eigenvalue weighted by Crippen LogP contribution is 2.36. The third-order valence-corrected chi connectivity index (χ3v) is 3.53. The van der Waals surface area contributed by atoms with Gasteiger partial charge in [-0.3, -0.25) is 10.1 Å². The molecule has 92 valence electrons. The summed E-state index contributed by atoms with van der Waals surface area (Å²) in [4.78, 5) is 11.0. The van der Waals surface area contributed by atoms with E-state index >= 15 is 0 Å². The summed E-state index contributed by atoms with van der Waals surface area (Å²) in [5.41, 5.74) is -0.0446. The highest BCUT2D eigenvalue weighted by Gasteiger charge is 2.15. The standard InChI is InChI=1S/C12H7ClFNO2S/c13-8-5-6-11(9(14)7-8)18-12-4-2-1-3-10(12)15(16)17/h1-7H. The van der Waals surface area contributed by atoms with Gasteiger partial charge in [-0.25, -0.2) is 4.39 Å². The molecule has 0 amide bonds. The maximum absolute atomic E-state index is 13.6. The molecule has 0 unspecified atom stereocenters. The van der Waals surface area contributed by atoms with Crippen LogP contribution in [0, 0.1) is 15.9 Å². The molecule has 2 rings (SSSR count). The fourth-order valence-corrected chi connectivity index (χ4v) is 2.45. The Labute approximate surface area is 112 Å². The molecule has 0 aliphatic heterocycles. The summed E-state index contributed by atoms with van der Waals surface area (Å²) >= 11 is 6.65. The second-order valence-electron chi connectivity index (χ2n) is 3.40. The molecule has 0 saturated carbocycles. The van der Waals surface area contributed by atoms with Crippen molar-refractivity contribution >= 4 is 29.1 Å². The van der Waals surface area contributed by atoms with Gasteiger partial charge in [0.1, 0.15) is 5.82 Å². The summed E-state index contributed by atoms with van der Waals surface area (Å²) in [7, 11) is 0. The molecule has 2 aromatic rings. The first-order chi connectivity index (χ1) is 8.58. The summed E-state index contributed by atoms with van der Waals surface area (Å²) in [6.45, 7) is 0. The lowest BCUT2D eigenvalue weighted by molar-refractivity contribution is -0.387. The van der Waals surface area contributed by atoms with E-state index in [1.807, 2.05) is 0 Å². The van der Waals surface area contributed by atoms with Crippen LogP contribution in [-0.2, 0) is 0 Å². The van der Waals surface area contributed by atoms with E-state index in [4.69, 9.17) is 11.6 Å². The number of benzene rings is 2. The molecule has 0 spiro atoms. The van der Waals surface area contributed by atoms with Crippen molar-refractivity contribution in [3.8, 4) is 0 Å². The predicted octanol–water partition coefficient (Wildman–Crippen LogP) is 4.54. The summed E-state index contributed by atoms with van der Waals surface area (Å²) in [6.07, 6.45) is 0. The maximum Gasteiger partial charge on any atom is 0.283 e. The zero-order chi connectivity index (χ0) is 13.1. The number of hydrogen-bond donors (Lipinski definition) is 0. The molecule has 0 atom stereocenters. The molecule has 0 aliphatic rings. The monoisotopic (exact) mass is 283 g/mol. The Hall–Kier alpha value is -1.59. The number of nitro benzene ring substituents is 1. The topological polar surface area (TPSA) is 43.1 Å². The quantitative estimate of drug-likeness (QED) is 0.613. The average molecular weight is 284 g/mol. The van der Waals surface area contributed by atoms with Crippen LogP contribution in [-0.4, -0.2) is 4.92 Å². The number of rotatable bonds is 3. The third-order valence-electron chi connectivity index (χ3n) is 2.18. The van der Waals surface area contributed by atoms with Crippen molar-refractivity contribution in [2.24, 2.45) is 0 Å². The van der Waals surface area contributed by atoms with Gasteiger partial charge in [-0.2, -0.15) is 0 Å². The van der Waals surface area contributed by atoms with Crippen molar-refractivity contribution in [3.05, 3.63) is 63.4 Å². The van der Waals surface area contributed by atoms with Crippen molar-refractivity contribution in [2.45, 2.75) is 9.79 Å². The van der Waals surface area contributed by atoms with Gasteiger partial charge in [-0.05, 0) is 24.3 Å². The number of para-hydroxylation sites is 1. The SMILES string of the molecule is O=[N+]([O-])c1ccccc1Sc1ccc(Cl)cc1F. The van der Waals surface area contributed by atoms with Gasteiger partial charge in [0.05, 0.1) is 9.82 Å². The summed E-state index contributed by atoms with van der Waals surface area (Å²) < 4.78 is 13.6. The van der Waals surface area contributed by atoms with E-state index < -0.39 is 10.7 Å². The Bertz CT molecular complexity index is 606. The lowest BCUT2D eigenvalue weighted by Crippen LogP contribution is -1.90. The van der Waals surface area contributed by atoms with Gasteiger partial charge in [0.15, 0.2) is 0 Å². The van der Waals surface area contributed by atoms with Gasteiger partial charge >= 0.3 is 0 Å². The van der Waals surface area contributed by atoms with E-state index in [9.17, 15) is 14.5 Å². The molecule has 0 aliphatic carbocycles. The molecule has 0 saturated heterocycles. The molecule has 0 heterocycles. The molecule has 2 aromatic carbocycles. The van der Waals surface area contributed by atoms with Crippen LogP contribution in [0.3, 0.4) is 0 Å². The summed E-state index contributed by atoms with van der Waals surface area (Å²) in [6, 6.07) is 10.4. The van der Waals surface area contributed by atoms with E-state index in [1.165, 1.54) is 18.2 Å². The first-order valence-corrected chi connectivity index (χ1v) is 6.13. The van der Waals surface area contributed by atoms with Gasteiger partial charge in [-0.1, -0.05) is 35.5 Å². The highest BCUT2D eigenvalue weighted by molar-refractivity contribution is 7.99. The Morgan fingerprint density at radius 2 is 1.89 bits per heavy atom. The Balaban J connectivity index is 2.37. The molecule has 6 heteroatoms. The van der Waals surface area contributed by atoms with E-state index in [-0.39, 0.29) is 5.69 Å². The van der Waals surface area contributed by atoms with E-state index in [1.54, 1.807) is 24.3 Å². The van der Waals surface area contributed by atoms with Crippen molar-refractivity contribution in [1.29, 1.82) is 0 Å². The third kappa shape index (κ3) is 2.80.